The van der Waals surface area contributed by atoms with E-state index < -0.39 is 11.4 Å². The first-order valence-corrected chi connectivity index (χ1v) is 3.92. The number of aromatic nitrogens is 4. The van der Waals surface area contributed by atoms with Crippen molar-refractivity contribution in [3.05, 3.63) is 21.0 Å². The van der Waals surface area contributed by atoms with Crippen LogP contribution in [0, 0.1) is 0 Å². The summed E-state index contributed by atoms with van der Waals surface area (Å²) >= 11 is 4.77. The summed E-state index contributed by atoms with van der Waals surface area (Å²) in [5, 5.41) is 7.18. The van der Waals surface area contributed by atoms with E-state index in [0.717, 1.165) is 7.11 Å². The van der Waals surface area contributed by atoms with Gasteiger partial charge in [0.15, 0.2) is 5.65 Å². The van der Waals surface area contributed by atoms with Gasteiger partial charge in [-0.2, -0.15) is 4.98 Å². The van der Waals surface area contributed by atoms with E-state index in [1.165, 1.54) is 0 Å². The topological polar surface area (TPSA) is 146 Å². The van der Waals surface area contributed by atoms with Gasteiger partial charge in [0.2, 0.25) is 0 Å². The van der Waals surface area contributed by atoms with Crippen LogP contribution in [0.4, 0.5) is 0 Å². The van der Waals surface area contributed by atoms with E-state index in [-0.39, 0.29) is 45.7 Å². The molecule has 6 N–H and O–H groups in total. The first-order chi connectivity index (χ1) is 6.66. The Morgan fingerprint density at radius 1 is 1.19 bits per heavy atom. The fourth-order valence-corrected chi connectivity index (χ4v) is 1.15. The minimum atomic E-state index is -0.567. The zero-order valence-corrected chi connectivity index (χ0v) is 11.4. The Labute approximate surface area is 117 Å². The monoisotopic (exact) mass is 256 g/mol. The summed E-state index contributed by atoms with van der Waals surface area (Å²) in [7, 11) is 1.00. The molecule has 84 valence electrons. The van der Waals surface area contributed by atoms with Crippen molar-refractivity contribution < 1.29 is 40.1 Å². The molecule has 0 aromatic carbocycles. The van der Waals surface area contributed by atoms with Crippen LogP contribution in [-0.2, 0) is 12.6 Å². The normalized spacial score (nSPS) is 8.38. The summed E-state index contributed by atoms with van der Waals surface area (Å²) in [6.45, 7) is 0. The van der Waals surface area contributed by atoms with Crippen molar-refractivity contribution in [3.63, 3.8) is 0 Å². The smallest absolute Gasteiger partial charge is 0.760 e. The van der Waals surface area contributed by atoms with Crippen LogP contribution in [0.5, 0.6) is 0 Å². The van der Waals surface area contributed by atoms with Gasteiger partial charge in [-0.3, -0.25) is 4.98 Å². The zero-order valence-electron chi connectivity index (χ0n) is 8.62. The first-order valence-electron chi connectivity index (χ1n) is 3.51. The number of nitrogens with zero attached hydrogens (tertiary/aromatic N) is 1. The van der Waals surface area contributed by atoms with Gasteiger partial charge >= 0.3 is 40.9 Å². The van der Waals surface area contributed by atoms with Crippen LogP contribution in [0.25, 0.3) is 11.2 Å². The molecular formula is C6H9N4NaO4S. The van der Waals surface area contributed by atoms with Crippen LogP contribution in [0.15, 0.2) is 14.6 Å². The maximum atomic E-state index is 10.7. The second kappa shape index (κ2) is 7.54. The van der Waals surface area contributed by atoms with Gasteiger partial charge in [-0.15, -0.1) is 0 Å². The van der Waals surface area contributed by atoms with E-state index >= 15 is 0 Å². The first kappa shape index (κ1) is 17.7. The molecular weight excluding hydrogens is 247 g/mol. The fourth-order valence-electron chi connectivity index (χ4n) is 0.911. The number of aliphatic hydroxyl groups is 1. The SMILES string of the molecule is CO.O.O=c1nc2[nH]c(=O)[nH]c2c([S-])[nH]1.[Na+]. The van der Waals surface area contributed by atoms with Crippen molar-refractivity contribution >= 4 is 23.8 Å². The summed E-state index contributed by atoms with van der Waals surface area (Å²) in [4.78, 5) is 32.0. The molecule has 0 aliphatic rings. The maximum absolute atomic E-state index is 10.7. The van der Waals surface area contributed by atoms with E-state index in [2.05, 4.69) is 19.9 Å². The molecule has 0 amide bonds. The molecule has 2 aromatic rings. The van der Waals surface area contributed by atoms with E-state index in [1.807, 2.05) is 0 Å². The van der Waals surface area contributed by atoms with Crippen LogP contribution in [-0.4, -0.2) is 37.6 Å². The quantitative estimate of drug-likeness (QED) is 0.211. The second-order valence-electron chi connectivity index (χ2n) is 2.17. The van der Waals surface area contributed by atoms with Crippen molar-refractivity contribution in [1.29, 1.82) is 0 Å². The minimum absolute atomic E-state index is 0. The van der Waals surface area contributed by atoms with Crippen LogP contribution in [0.1, 0.15) is 0 Å². The summed E-state index contributed by atoms with van der Waals surface area (Å²) in [5.41, 5.74) is -0.450. The molecule has 0 fully saturated rings. The molecule has 0 aliphatic carbocycles. The number of aliphatic hydroxyl groups excluding tert-OH is 1. The van der Waals surface area contributed by atoms with Crippen molar-refractivity contribution in [2.24, 2.45) is 0 Å². The van der Waals surface area contributed by atoms with Crippen LogP contribution in [0.3, 0.4) is 0 Å². The summed E-state index contributed by atoms with van der Waals surface area (Å²) in [6, 6.07) is 0. The van der Waals surface area contributed by atoms with Crippen molar-refractivity contribution in [1.82, 2.24) is 19.9 Å². The molecule has 2 rings (SSSR count). The third-order valence-corrected chi connectivity index (χ3v) is 1.67. The number of hydrogen-bond donors (Lipinski definition) is 4. The number of rotatable bonds is 0. The average molecular weight is 256 g/mol. The number of imidazole rings is 1. The number of H-pyrrole nitrogens is 3. The van der Waals surface area contributed by atoms with Gasteiger partial charge < -0.3 is 33.2 Å². The van der Waals surface area contributed by atoms with Crippen LogP contribution >= 0.6 is 0 Å². The van der Waals surface area contributed by atoms with Gasteiger partial charge in [0.05, 0.1) is 5.52 Å². The van der Waals surface area contributed by atoms with Gasteiger partial charge in [-0.25, -0.2) is 9.59 Å². The molecule has 2 heterocycles. The Morgan fingerprint density at radius 2 is 1.75 bits per heavy atom. The molecule has 10 heteroatoms. The Kier molecular flexibility index (Phi) is 8.34. The largest absolute Gasteiger partial charge is 1.00 e. The van der Waals surface area contributed by atoms with Gasteiger partial charge in [-0.1, -0.05) is 5.03 Å². The Morgan fingerprint density at radius 3 is 2.31 bits per heavy atom. The number of aromatic amines is 3. The standard InChI is InChI=1S/C5H4N4O2S.CH4O.Na.H2O/c10-4-6-1-2(7-4)8-5(11)9-3(1)12;1-2;;/h(H4,6,7,8,9,10,11,12);2H,1H3;;1H2/q;;+1;/p-1. The molecule has 0 bridgehead atoms. The molecule has 0 atom stereocenters. The van der Waals surface area contributed by atoms with Gasteiger partial charge in [0, 0.05) is 7.11 Å². The van der Waals surface area contributed by atoms with Crippen LogP contribution in [0.2, 0.25) is 0 Å². The molecule has 0 radical (unpaired) electrons. The summed E-state index contributed by atoms with van der Waals surface area (Å²) in [6.07, 6.45) is 0. The predicted octanol–water partition coefficient (Wildman–Crippen LogP) is -5.37. The van der Waals surface area contributed by atoms with E-state index in [0.29, 0.717) is 5.52 Å². The number of fused-ring (bicyclic) bond motifs is 1. The molecule has 0 aliphatic heterocycles. The summed E-state index contributed by atoms with van der Waals surface area (Å²) in [5.74, 6) is 0. The molecule has 0 spiro atoms. The van der Waals surface area contributed by atoms with Crippen molar-refractivity contribution in [3.8, 4) is 0 Å². The van der Waals surface area contributed by atoms with Crippen molar-refractivity contribution in [2.75, 3.05) is 7.11 Å². The van der Waals surface area contributed by atoms with E-state index in [1.54, 1.807) is 0 Å². The molecule has 16 heavy (non-hydrogen) atoms. The van der Waals surface area contributed by atoms with Gasteiger partial charge in [0.25, 0.3) is 0 Å². The Hall–Kier alpha value is -0.710. The zero-order chi connectivity index (χ0) is 10.7. The van der Waals surface area contributed by atoms with E-state index in [4.69, 9.17) is 17.7 Å². The minimum Gasteiger partial charge on any atom is -0.760 e. The number of nitrogens with one attached hydrogen (secondary N) is 3. The van der Waals surface area contributed by atoms with Gasteiger partial charge in [-0.05, 0) is 0 Å². The second-order valence-corrected chi connectivity index (χ2v) is 2.58. The fraction of sp³-hybridized carbons (Fsp3) is 0.167. The molecule has 8 nitrogen and oxygen atoms in total. The van der Waals surface area contributed by atoms with Crippen molar-refractivity contribution in [2.45, 2.75) is 5.03 Å². The third kappa shape index (κ3) is 3.70. The number of hydrogen-bond acceptors (Lipinski definition) is 5. The van der Waals surface area contributed by atoms with Crippen LogP contribution < -0.4 is 40.9 Å². The average Bonchev–Trinajstić information content (AvgIpc) is 2.49. The predicted molar refractivity (Wildman–Crippen MR) is 54.7 cm³/mol. The molecule has 2 aromatic heterocycles. The molecule has 0 saturated heterocycles. The molecule has 0 unspecified atom stereocenters. The Balaban J connectivity index is 0. The molecule has 0 saturated carbocycles. The Bertz CT molecular complexity index is 547. The van der Waals surface area contributed by atoms with Gasteiger partial charge in [0.1, 0.15) is 0 Å². The van der Waals surface area contributed by atoms with E-state index in [9.17, 15) is 9.59 Å². The summed E-state index contributed by atoms with van der Waals surface area (Å²) < 4.78 is 0. The third-order valence-electron chi connectivity index (χ3n) is 1.37. The maximum Gasteiger partial charge on any atom is 1.00 e.